The second-order valence-electron chi connectivity index (χ2n) is 29.4. The molecule has 100 heavy (non-hydrogen) atoms. The van der Waals surface area contributed by atoms with Crippen LogP contribution < -0.4 is 19.3 Å². The first kappa shape index (κ1) is 67.1. The Balaban J connectivity index is 0.000000162. The minimum atomic E-state index is -2.25. The van der Waals surface area contributed by atoms with Crippen LogP contribution in [0.1, 0.15) is 124 Å². The lowest BCUT2D eigenvalue weighted by atomic mass is 9.47. The van der Waals surface area contributed by atoms with E-state index in [0.717, 1.165) is 92.5 Å². The summed E-state index contributed by atoms with van der Waals surface area (Å²) in [6.45, 7) is 9.38. The molecule has 6 aliphatic heterocycles. The molecule has 2 aromatic heterocycles. The van der Waals surface area contributed by atoms with Gasteiger partial charge in [0.25, 0.3) is 0 Å². The van der Waals surface area contributed by atoms with Crippen LogP contribution >= 0.6 is 0 Å². The van der Waals surface area contributed by atoms with Crippen LogP contribution in [-0.2, 0) is 91.7 Å². The number of aromatic amines is 2. The molecule has 22 heteroatoms. The number of aryl methyl sites for hydroxylation is 2. The summed E-state index contributed by atoms with van der Waals surface area (Å²) in [5.41, 5.74) is -0.0450. The maximum absolute atomic E-state index is 14.4. The third kappa shape index (κ3) is 8.21. The minimum absolute atomic E-state index is 0.252. The van der Waals surface area contributed by atoms with Crippen LogP contribution in [0.2, 0.25) is 0 Å². The number of methoxy groups -OCH3 is 6. The molecule has 22 nitrogen and oxygen atoms in total. The van der Waals surface area contributed by atoms with Crippen molar-refractivity contribution in [1.29, 1.82) is 0 Å². The zero-order valence-corrected chi connectivity index (χ0v) is 59.0. The number of H-pyrrole nitrogens is 2. The quantitative estimate of drug-likeness (QED) is 0.0517. The van der Waals surface area contributed by atoms with Gasteiger partial charge >= 0.3 is 35.8 Å². The van der Waals surface area contributed by atoms with E-state index < -0.39 is 91.9 Å². The molecule has 8 heterocycles. The number of aromatic nitrogens is 2. The number of rotatable bonds is 12. The number of carbonyl (C=O) groups is 6. The van der Waals surface area contributed by atoms with Gasteiger partial charge in [0.1, 0.15) is 22.3 Å². The molecule has 0 unspecified atom stereocenters. The first-order valence-electron chi connectivity index (χ1n) is 35.1. The SMILES string of the molecule is CC[C@]12C=CCN3CC[C@@]4(c5cc([C@]6(C(=O)OC)CCCc7c6[nH]c6ccccc76)c(OC)cc5N(C)[C@H]4[C@@](O)(C(=O)OC)[C@@H]1OC(C)=O)[C@@H]32.CC[C@]12C=CCN3CC[C@@]4(c5cc([C@]6(C(=O)OC)CCCc7c6[nH]c6ccccc76)c(OC)cc5N(C)[C@H]4[C@@](O)(C(=O)OC)[C@@H]1OC(C)=O)[C@@H]32. The Hall–Kier alpha value is -8.70. The largest absolute Gasteiger partial charge is 0.496 e. The summed E-state index contributed by atoms with van der Waals surface area (Å²) in [5.74, 6) is -2.66. The first-order valence-corrected chi connectivity index (χ1v) is 35.1. The van der Waals surface area contributed by atoms with Crippen molar-refractivity contribution >= 4 is 69.0 Å². The molecule has 4 aliphatic carbocycles. The van der Waals surface area contributed by atoms with Crippen molar-refractivity contribution in [3.8, 4) is 11.5 Å². The number of para-hydroxylation sites is 2. The topological polar surface area (TPSA) is 261 Å². The standard InChI is InChI=1S/2C39H45N3O8/c2*1-7-36-15-11-18-42-19-17-38(31(36)42)25-20-26(37(34(44)48-5)16-10-13-24-23-12-8-9-14-27(23)40-30(24)37)29(47-4)21-28(25)41(3)32(38)39(46,35(45)49-6)33(36)50-22(2)43/h2*8-9,11-12,14-15,20-21,31-33,40,46H,7,10,13,16-19H2,1-6H3/t2*31-,32+,33+,36+,37+,38+,39-/m00/s1. The van der Waals surface area contributed by atoms with E-state index in [9.17, 15) is 39.0 Å². The third-order valence-electron chi connectivity index (χ3n) is 25.9. The number of esters is 6. The summed E-state index contributed by atoms with van der Waals surface area (Å²) in [7, 11) is 12.3. The van der Waals surface area contributed by atoms with Gasteiger partial charge in [-0.15, -0.1) is 0 Å². The molecule has 4 aromatic carbocycles. The average Bonchev–Trinajstić information content (AvgIpc) is 1.46. The summed E-state index contributed by atoms with van der Waals surface area (Å²) in [6, 6.07) is 22.0. The highest BCUT2D eigenvalue weighted by molar-refractivity contribution is 5.97. The van der Waals surface area contributed by atoms with Crippen molar-refractivity contribution in [1.82, 2.24) is 19.8 Å². The predicted octanol–water partition coefficient (Wildman–Crippen LogP) is 7.84. The number of anilines is 2. The van der Waals surface area contributed by atoms with E-state index in [1.54, 1.807) is 14.2 Å². The molecule has 4 fully saturated rings. The van der Waals surface area contributed by atoms with Crippen LogP contribution in [0.15, 0.2) is 97.1 Å². The molecule has 10 aliphatic rings. The first-order chi connectivity index (χ1) is 48.0. The number of nitrogens with one attached hydrogen (secondary N) is 2. The summed E-state index contributed by atoms with van der Waals surface area (Å²) >= 11 is 0. The monoisotopic (exact) mass is 1370 g/mol. The lowest BCUT2D eigenvalue weighted by molar-refractivity contribution is -0.229. The van der Waals surface area contributed by atoms with Crippen molar-refractivity contribution in [2.45, 2.75) is 161 Å². The number of nitrogens with zero attached hydrogens (tertiary/aromatic N) is 4. The van der Waals surface area contributed by atoms with Gasteiger partial charge in [-0.3, -0.25) is 29.0 Å². The van der Waals surface area contributed by atoms with Crippen LogP contribution in [0.25, 0.3) is 21.8 Å². The molecular formula is C78H90N6O16. The normalized spacial score (nSPS) is 33.7. The third-order valence-corrected chi connectivity index (χ3v) is 25.9. The van der Waals surface area contributed by atoms with Crippen LogP contribution in [0.4, 0.5) is 11.4 Å². The van der Waals surface area contributed by atoms with E-state index in [4.69, 9.17) is 37.9 Å². The van der Waals surface area contributed by atoms with Crippen molar-refractivity contribution < 1.29 is 76.9 Å². The number of hydrogen-bond donors (Lipinski definition) is 4. The number of hydrogen-bond acceptors (Lipinski definition) is 20. The van der Waals surface area contributed by atoms with E-state index in [0.29, 0.717) is 87.3 Å². The van der Waals surface area contributed by atoms with Gasteiger partial charge in [0.15, 0.2) is 12.2 Å². The molecule has 0 radical (unpaired) electrons. The van der Waals surface area contributed by atoms with Gasteiger partial charge in [0.05, 0.1) is 54.7 Å². The zero-order valence-electron chi connectivity index (χ0n) is 59.0. The number of likely N-dealkylation sites (N-methyl/N-ethyl adjacent to an activating group) is 2. The smallest absolute Gasteiger partial charge is 0.344 e. The zero-order chi connectivity index (χ0) is 70.8. The van der Waals surface area contributed by atoms with E-state index in [1.165, 1.54) is 42.3 Å². The second-order valence-corrected chi connectivity index (χ2v) is 29.4. The highest BCUT2D eigenvalue weighted by Crippen LogP contribution is 2.71. The van der Waals surface area contributed by atoms with Gasteiger partial charge in [0.2, 0.25) is 11.2 Å². The summed E-state index contributed by atoms with van der Waals surface area (Å²) < 4.78 is 46.6. The molecule has 0 amide bonds. The van der Waals surface area contributed by atoms with Gasteiger partial charge in [0, 0.05) is 143 Å². The molecule has 2 spiro atoms. The molecule has 6 aromatic rings. The Labute approximate surface area is 581 Å². The van der Waals surface area contributed by atoms with Crippen molar-refractivity contribution in [3.63, 3.8) is 0 Å². The molecule has 2 saturated carbocycles. The number of aliphatic hydroxyl groups is 2. The van der Waals surface area contributed by atoms with Crippen molar-refractivity contribution in [3.05, 3.63) is 142 Å². The predicted molar refractivity (Wildman–Crippen MR) is 371 cm³/mol. The van der Waals surface area contributed by atoms with Gasteiger partial charge in [-0.05, 0) is 124 Å². The number of benzene rings is 4. The van der Waals surface area contributed by atoms with Crippen molar-refractivity contribution in [2.24, 2.45) is 10.8 Å². The fraction of sp³-hybridized carbons (Fsp3) is 0.513. The summed E-state index contributed by atoms with van der Waals surface area (Å²) in [4.78, 5) is 98.7. The number of fused-ring (bicyclic) bond motifs is 8. The summed E-state index contributed by atoms with van der Waals surface area (Å²) in [6.07, 6.45) is 12.1. The Bertz CT molecular complexity index is 4220. The molecule has 4 N–H and O–H groups in total. The average molecular weight is 1370 g/mol. The van der Waals surface area contributed by atoms with E-state index >= 15 is 0 Å². The summed E-state index contributed by atoms with van der Waals surface area (Å²) in [5, 5.41) is 28.3. The highest BCUT2D eigenvalue weighted by Gasteiger charge is 2.82. The number of ether oxygens (including phenoxy) is 8. The Kier molecular flexibility index (Phi) is 15.7. The van der Waals surface area contributed by atoms with Gasteiger partial charge in [-0.2, -0.15) is 0 Å². The van der Waals surface area contributed by atoms with Crippen LogP contribution in [0.3, 0.4) is 0 Å². The fourth-order valence-electron chi connectivity index (χ4n) is 22.6. The Morgan fingerprint density at radius 3 is 1.24 bits per heavy atom. The van der Waals surface area contributed by atoms with E-state index in [1.807, 2.05) is 86.3 Å². The van der Waals surface area contributed by atoms with Crippen LogP contribution in [-0.4, -0.2) is 196 Å². The molecule has 14 atom stereocenters. The van der Waals surface area contributed by atoms with E-state index in [2.05, 4.69) is 68.3 Å². The Morgan fingerprint density at radius 1 is 0.510 bits per heavy atom. The lowest BCUT2D eigenvalue weighted by Gasteiger charge is -2.63. The van der Waals surface area contributed by atoms with Gasteiger partial charge in [-0.25, -0.2) is 9.59 Å². The van der Waals surface area contributed by atoms with Crippen LogP contribution in [0, 0.1) is 10.8 Å². The fourth-order valence-corrected chi connectivity index (χ4v) is 22.6. The second kappa shape index (κ2) is 23.4. The maximum atomic E-state index is 14.4. The molecule has 2 saturated heterocycles. The lowest BCUT2D eigenvalue weighted by Crippen LogP contribution is -2.81. The van der Waals surface area contributed by atoms with Crippen molar-refractivity contribution in [2.75, 3.05) is 92.7 Å². The maximum Gasteiger partial charge on any atom is 0.344 e. The van der Waals surface area contributed by atoms with Gasteiger partial charge < -0.3 is 67.9 Å². The van der Waals surface area contributed by atoms with E-state index in [-0.39, 0.29) is 24.0 Å². The van der Waals surface area contributed by atoms with Crippen LogP contribution in [0.5, 0.6) is 11.5 Å². The van der Waals surface area contributed by atoms with Gasteiger partial charge in [-0.1, -0.05) is 74.5 Å². The minimum Gasteiger partial charge on any atom is -0.496 e. The molecule has 16 rings (SSSR count). The Morgan fingerprint density at radius 2 is 0.890 bits per heavy atom. The molecular weight excluding hydrogens is 1280 g/mol. The molecule has 0 bridgehead atoms. The molecule has 528 valence electrons. The highest BCUT2D eigenvalue weighted by atomic mass is 16.6. The number of carbonyl (C=O) groups excluding carboxylic acids is 6.